The molecule has 5 nitrogen and oxygen atoms in total. The molecule has 1 aliphatic rings. The first kappa shape index (κ1) is 22.4. The third-order valence-corrected chi connectivity index (χ3v) is 6.28. The minimum atomic E-state index is -0.314. The number of pyridine rings is 1. The summed E-state index contributed by atoms with van der Waals surface area (Å²) in [6.45, 7) is 10.7. The monoisotopic (exact) mass is 417 g/mol. The number of para-hydroxylation sites is 1. The summed E-state index contributed by atoms with van der Waals surface area (Å²) in [5, 5.41) is 20.7. The molecular formula is C26H31N3O2. The average Bonchev–Trinajstić information content (AvgIpc) is 2.94. The van der Waals surface area contributed by atoms with Crippen LogP contribution < -0.4 is 20.9 Å². The molecule has 1 N–H and O–H groups in total. The first-order valence-corrected chi connectivity index (χ1v) is 10.9. The first-order chi connectivity index (χ1) is 14.8. The van der Waals surface area contributed by atoms with Crippen LogP contribution in [-0.2, 0) is 12.0 Å². The van der Waals surface area contributed by atoms with E-state index in [1.54, 1.807) is 6.08 Å². The molecule has 31 heavy (non-hydrogen) atoms. The van der Waals surface area contributed by atoms with Gasteiger partial charge in [0.1, 0.15) is 11.6 Å². The van der Waals surface area contributed by atoms with Crippen molar-refractivity contribution in [2.45, 2.75) is 58.4 Å². The van der Waals surface area contributed by atoms with Crippen LogP contribution in [0.2, 0.25) is 0 Å². The summed E-state index contributed by atoms with van der Waals surface area (Å²) in [7, 11) is 2.02. The average molecular weight is 418 g/mol. The van der Waals surface area contributed by atoms with Gasteiger partial charge in [0.15, 0.2) is 0 Å². The molecular weight excluding hydrogens is 386 g/mol. The van der Waals surface area contributed by atoms with Gasteiger partial charge < -0.3 is 10.0 Å². The quantitative estimate of drug-likeness (QED) is 0.731. The Balaban J connectivity index is 2.14. The summed E-state index contributed by atoms with van der Waals surface area (Å²) < 4.78 is 1.31. The summed E-state index contributed by atoms with van der Waals surface area (Å²) in [5.41, 5.74) is 2.93. The Morgan fingerprint density at radius 1 is 1.19 bits per heavy atom. The lowest BCUT2D eigenvalue weighted by Crippen LogP contribution is -2.45. The van der Waals surface area contributed by atoms with E-state index in [1.165, 1.54) is 10.1 Å². The van der Waals surface area contributed by atoms with Gasteiger partial charge in [0.2, 0.25) is 5.88 Å². The SMILES string of the molecule is C=c1c(C#N)c(O)n(CCCCCC)c(=O)/c1=C\C=C1\N(C)c2ccccc2C1(C)C. The molecule has 0 bridgehead atoms. The molecule has 0 fully saturated rings. The van der Waals surface area contributed by atoms with E-state index in [9.17, 15) is 15.2 Å². The Bertz CT molecular complexity index is 1230. The third kappa shape index (κ3) is 3.90. The van der Waals surface area contributed by atoms with Crippen molar-refractivity contribution < 1.29 is 5.11 Å². The van der Waals surface area contributed by atoms with Crippen LogP contribution in [-0.4, -0.2) is 16.7 Å². The lowest BCUT2D eigenvalue weighted by atomic mass is 9.84. The molecule has 5 heteroatoms. The number of hydrogen-bond acceptors (Lipinski definition) is 4. The van der Waals surface area contributed by atoms with Gasteiger partial charge in [0, 0.05) is 40.8 Å². The van der Waals surface area contributed by atoms with Gasteiger partial charge in [-0.1, -0.05) is 64.8 Å². The van der Waals surface area contributed by atoms with Crippen LogP contribution in [0.5, 0.6) is 5.88 Å². The molecule has 1 aromatic heterocycles. The van der Waals surface area contributed by atoms with Gasteiger partial charge in [-0.05, 0) is 30.2 Å². The zero-order valence-corrected chi connectivity index (χ0v) is 18.9. The molecule has 0 radical (unpaired) electrons. The molecule has 0 spiro atoms. The summed E-state index contributed by atoms with van der Waals surface area (Å²) >= 11 is 0. The van der Waals surface area contributed by atoms with Gasteiger partial charge in [-0.25, -0.2) is 0 Å². The van der Waals surface area contributed by atoms with E-state index in [0.29, 0.717) is 11.8 Å². The topological polar surface area (TPSA) is 69.3 Å². The molecule has 0 atom stereocenters. The maximum absolute atomic E-state index is 13.2. The smallest absolute Gasteiger partial charge is 0.261 e. The van der Waals surface area contributed by atoms with Gasteiger partial charge in [0.25, 0.3) is 5.56 Å². The number of anilines is 1. The van der Waals surface area contributed by atoms with Crippen LogP contribution in [0.1, 0.15) is 57.6 Å². The number of hydrogen-bond donors (Lipinski definition) is 1. The Hall–Kier alpha value is -3.26. The predicted molar refractivity (Wildman–Crippen MR) is 126 cm³/mol. The van der Waals surface area contributed by atoms with Crippen LogP contribution >= 0.6 is 0 Å². The van der Waals surface area contributed by atoms with Crippen LogP contribution in [0.25, 0.3) is 12.7 Å². The third-order valence-electron chi connectivity index (χ3n) is 6.28. The molecule has 3 rings (SSSR count). The maximum atomic E-state index is 13.2. The fourth-order valence-electron chi connectivity index (χ4n) is 4.43. The Morgan fingerprint density at radius 3 is 2.55 bits per heavy atom. The highest BCUT2D eigenvalue weighted by molar-refractivity contribution is 5.71. The number of benzene rings is 1. The van der Waals surface area contributed by atoms with Crippen molar-refractivity contribution in [2.24, 2.45) is 0 Å². The van der Waals surface area contributed by atoms with Crippen LogP contribution in [0.15, 0.2) is 40.8 Å². The van der Waals surface area contributed by atoms with Gasteiger partial charge in [-0.15, -0.1) is 0 Å². The zero-order valence-electron chi connectivity index (χ0n) is 18.9. The fourth-order valence-corrected chi connectivity index (χ4v) is 4.43. The second-order valence-corrected chi connectivity index (χ2v) is 8.64. The minimum absolute atomic E-state index is 0.0575. The second-order valence-electron chi connectivity index (χ2n) is 8.64. The van der Waals surface area contributed by atoms with Gasteiger partial charge in [-0.2, -0.15) is 5.26 Å². The van der Waals surface area contributed by atoms with E-state index in [2.05, 4.69) is 44.4 Å². The van der Waals surface area contributed by atoms with Crippen molar-refractivity contribution in [3.63, 3.8) is 0 Å². The fraction of sp³-hybridized carbons (Fsp3) is 0.385. The lowest BCUT2D eigenvalue weighted by Gasteiger charge is -2.23. The Morgan fingerprint density at radius 2 is 1.90 bits per heavy atom. The van der Waals surface area contributed by atoms with E-state index in [4.69, 9.17) is 0 Å². The van der Waals surface area contributed by atoms with Crippen molar-refractivity contribution >= 4 is 18.3 Å². The predicted octanol–water partition coefficient (Wildman–Crippen LogP) is 3.51. The van der Waals surface area contributed by atoms with E-state index in [-0.39, 0.29) is 27.6 Å². The molecule has 0 saturated heterocycles. The molecule has 1 aliphatic heterocycles. The summed E-state index contributed by atoms with van der Waals surface area (Å²) in [4.78, 5) is 15.3. The van der Waals surface area contributed by atoms with E-state index >= 15 is 0 Å². The first-order valence-electron chi connectivity index (χ1n) is 10.9. The van der Waals surface area contributed by atoms with Crippen molar-refractivity contribution in [2.75, 3.05) is 11.9 Å². The zero-order chi connectivity index (χ0) is 22.8. The normalized spacial score (nSPS) is 16.5. The molecule has 1 aromatic carbocycles. The van der Waals surface area contributed by atoms with E-state index < -0.39 is 0 Å². The number of aromatic hydroxyl groups is 1. The van der Waals surface area contributed by atoms with Gasteiger partial charge in [0.05, 0.1) is 0 Å². The number of likely N-dealkylation sites (N-methyl/N-ethyl adjacent to an activating group) is 1. The standard InChI is InChI=1S/C26H31N3O2/c1-6-7-8-11-16-29-24(30)19(18(2)20(17-27)25(29)31)14-15-23-26(3,4)21-12-9-10-13-22(21)28(23)5/h9-10,12-15,31H,2,6-8,11,16H2,1,3-5H3/b19-14-,23-15+. The Labute approximate surface area is 183 Å². The second kappa shape index (κ2) is 8.85. The molecule has 0 aliphatic carbocycles. The van der Waals surface area contributed by atoms with E-state index in [1.807, 2.05) is 31.3 Å². The highest BCUT2D eigenvalue weighted by Crippen LogP contribution is 2.46. The largest absolute Gasteiger partial charge is 0.493 e. The van der Waals surface area contributed by atoms with Crippen molar-refractivity contribution in [3.05, 3.63) is 68.0 Å². The number of rotatable bonds is 6. The molecule has 2 heterocycles. The number of fused-ring (bicyclic) bond motifs is 1. The van der Waals surface area contributed by atoms with Crippen LogP contribution in [0, 0.1) is 11.3 Å². The lowest BCUT2D eigenvalue weighted by molar-refractivity contribution is 0.395. The molecule has 162 valence electrons. The summed E-state index contributed by atoms with van der Waals surface area (Å²) in [6, 6.07) is 10.3. The van der Waals surface area contributed by atoms with Gasteiger partial charge in [-0.3, -0.25) is 9.36 Å². The number of allylic oxidation sites excluding steroid dienone is 2. The Kier molecular flexibility index (Phi) is 6.40. The highest BCUT2D eigenvalue weighted by atomic mass is 16.3. The van der Waals surface area contributed by atoms with Crippen LogP contribution in [0.3, 0.4) is 0 Å². The van der Waals surface area contributed by atoms with Crippen LogP contribution in [0.4, 0.5) is 5.69 Å². The van der Waals surface area contributed by atoms with Crippen molar-refractivity contribution in [3.8, 4) is 11.9 Å². The molecule has 2 aromatic rings. The number of nitriles is 1. The number of aromatic nitrogens is 1. The van der Waals surface area contributed by atoms with E-state index in [0.717, 1.165) is 37.1 Å². The molecule has 0 saturated carbocycles. The highest BCUT2D eigenvalue weighted by Gasteiger charge is 2.37. The van der Waals surface area contributed by atoms with Crippen molar-refractivity contribution in [1.29, 1.82) is 5.26 Å². The van der Waals surface area contributed by atoms with Crippen molar-refractivity contribution in [1.82, 2.24) is 4.57 Å². The molecule has 0 unspecified atom stereocenters. The maximum Gasteiger partial charge on any atom is 0.261 e. The molecule has 0 amide bonds. The summed E-state index contributed by atoms with van der Waals surface area (Å²) in [6.07, 6.45) is 7.57. The number of unbranched alkanes of at least 4 members (excludes halogenated alkanes) is 3. The minimum Gasteiger partial charge on any atom is -0.493 e. The van der Waals surface area contributed by atoms with Gasteiger partial charge >= 0.3 is 0 Å². The number of nitrogens with zero attached hydrogens (tertiary/aromatic N) is 3. The summed E-state index contributed by atoms with van der Waals surface area (Å²) in [5.74, 6) is -0.287.